The quantitative estimate of drug-likeness (QED) is 0.573. The van der Waals surface area contributed by atoms with Crippen molar-refractivity contribution < 1.29 is 9.59 Å². The topological polar surface area (TPSA) is 66.6 Å². The fourth-order valence-electron chi connectivity index (χ4n) is 1.60. The van der Waals surface area contributed by atoms with Gasteiger partial charge in [-0.1, -0.05) is 0 Å². The van der Waals surface area contributed by atoms with Crippen molar-refractivity contribution in [3.05, 3.63) is 0 Å². The van der Waals surface area contributed by atoms with Crippen LogP contribution in [0.15, 0.2) is 0 Å². The summed E-state index contributed by atoms with van der Waals surface area (Å²) in [7, 11) is 1.75. The van der Waals surface area contributed by atoms with Crippen molar-refractivity contribution >= 4 is 11.8 Å². The van der Waals surface area contributed by atoms with Crippen LogP contribution < -0.4 is 5.73 Å². The van der Waals surface area contributed by atoms with E-state index < -0.39 is 5.54 Å². The van der Waals surface area contributed by atoms with Gasteiger partial charge in [0.15, 0.2) is 0 Å². The molecule has 1 aliphatic heterocycles. The van der Waals surface area contributed by atoms with Crippen molar-refractivity contribution in [3.8, 4) is 0 Å². The highest BCUT2D eigenvalue weighted by atomic mass is 16.2. The number of hydrogen-bond donors (Lipinski definition) is 1. The molecule has 0 spiro atoms. The summed E-state index contributed by atoms with van der Waals surface area (Å²) in [4.78, 5) is 26.3. The summed E-state index contributed by atoms with van der Waals surface area (Å²) in [5.74, 6) is -0.0622. The molecule has 2 amide bonds. The number of likely N-dealkylation sites (N-methyl/N-ethyl adjacent to an activating group) is 1. The van der Waals surface area contributed by atoms with Crippen LogP contribution in [-0.4, -0.2) is 53.8 Å². The van der Waals surface area contributed by atoms with E-state index in [1.54, 1.807) is 16.8 Å². The largest absolute Gasteiger partial charge is 0.342 e. The number of nitrogens with two attached hydrogens (primary N) is 1. The highest BCUT2D eigenvalue weighted by Crippen LogP contribution is 2.34. The van der Waals surface area contributed by atoms with Crippen LogP contribution in [0.2, 0.25) is 0 Å². The fourth-order valence-corrected chi connectivity index (χ4v) is 1.60. The van der Waals surface area contributed by atoms with Gasteiger partial charge in [-0.05, 0) is 12.8 Å². The Labute approximate surface area is 82.8 Å². The van der Waals surface area contributed by atoms with Crippen molar-refractivity contribution in [1.82, 2.24) is 9.80 Å². The van der Waals surface area contributed by atoms with E-state index in [0.717, 1.165) is 12.8 Å². The normalized spacial score (nSPS) is 25.1. The number of nitrogens with zero attached hydrogens (tertiary/aromatic N) is 2. The van der Waals surface area contributed by atoms with E-state index >= 15 is 0 Å². The molecule has 2 aliphatic rings. The Morgan fingerprint density at radius 2 is 2.07 bits per heavy atom. The van der Waals surface area contributed by atoms with Crippen LogP contribution in [0.1, 0.15) is 12.8 Å². The number of piperazine rings is 1. The summed E-state index contributed by atoms with van der Waals surface area (Å²) in [6.07, 6.45) is 1.51. The molecule has 0 aromatic rings. The molecule has 0 unspecified atom stereocenters. The molecule has 14 heavy (non-hydrogen) atoms. The first kappa shape index (κ1) is 9.45. The summed E-state index contributed by atoms with van der Waals surface area (Å²) < 4.78 is 0. The third-order valence-corrected chi connectivity index (χ3v) is 2.96. The average molecular weight is 197 g/mol. The molecular formula is C9H15N3O2. The van der Waals surface area contributed by atoms with Crippen LogP contribution in [0.4, 0.5) is 0 Å². The van der Waals surface area contributed by atoms with Gasteiger partial charge in [0, 0.05) is 20.1 Å². The van der Waals surface area contributed by atoms with E-state index in [2.05, 4.69) is 0 Å². The maximum Gasteiger partial charge on any atom is 0.243 e. The van der Waals surface area contributed by atoms with Gasteiger partial charge < -0.3 is 15.5 Å². The molecule has 5 nitrogen and oxygen atoms in total. The number of hydrogen-bond acceptors (Lipinski definition) is 3. The molecule has 2 N–H and O–H groups in total. The summed E-state index contributed by atoms with van der Waals surface area (Å²) >= 11 is 0. The third-order valence-electron chi connectivity index (χ3n) is 2.96. The molecule has 2 fully saturated rings. The molecule has 1 saturated heterocycles. The first-order valence-corrected chi connectivity index (χ1v) is 4.85. The number of carbonyl (C=O) groups excluding carboxylic acids is 2. The molecule has 0 aromatic heterocycles. The Kier molecular flexibility index (Phi) is 1.99. The standard InChI is InChI=1S/C9H15N3O2/c1-11-4-5-12(6-7(11)13)8(14)9(10)2-3-9/h2-6,10H2,1H3. The van der Waals surface area contributed by atoms with E-state index in [1.807, 2.05) is 0 Å². The highest BCUT2D eigenvalue weighted by molar-refractivity contribution is 5.92. The average Bonchev–Trinajstić information content (AvgIpc) is 2.89. The molecule has 2 rings (SSSR count). The van der Waals surface area contributed by atoms with Gasteiger partial charge in [0.1, 0.15) is 0 Å². The minimum absolute atomic E-state index is 0.00569. The third kappa shape index (κ3) is 1.48. The molecule has 0 radical (unpaired) electrons. The summed E-state index contributed by atoms with van der Waals surface area (Å²) in [5, 5.41) is 0. The lowest BCUT2D eigenvalue weighted by Crippen LogP contribution is -2.55. The van der Waals surface area contributed by atoms with Crippen molar-refractivity contribution in [1.29, 1.82) is 0 Å². The van der Waals surface area contributed by atoms with E-state index in [4.69, 9.17) is 5.73 Å². The lowest BCUT2D eigenvalue weighted by Gasteiger charge is -2.33. The maximum absolute atomic E-state index is 11.8. The highest BCUT2D eigenvalue weighted by Gasteiger charge is 2.48. The molecule has 1 saturated carbocycles. The monoisotopic (exact) mass is 197 g/mol. The van der Waals surface area contributed by atoms with Gasteiger partial charge >= 0.3 is 0 Å². The first-order chi connectivity index (χ1) is 6.53. The van der Waals surface area contributed by atoms with Gasteiger partial charge in [0.05, 0.1) is 12.1 Å². The summed E-state index contributed by atoms with van der Waals surface area (Å²) in [5.41, 5.74) is 5.14. The van der Waals surface area contributed by atoms with Crippen LogP contribution in [0.5, 0.6) is 0 Å². The van der Waals surface area contributed by atoms with Crippen LogP contribution in [-0.2, 0) is 9.59 Å². The second-order valence-electron chi connectivity index (χ2n) is 4.20. The Balaban J connectivity index is 1.99. The number of carbonyl (C=O) groups is 2. The van der Waals surface area contributed by atoms with Crippen molar-refractivity contribution in [2.75, 3.05) is 26.7 Å². The first-order valence-electron chi connectivity index (χ1n) is 4.85. The molecule has 78 valence electrons. The lowest BCUT2D eigenvalue weighted by atomic mass is 10.2. The Bertz CT molecular complexity index is 286. The summed E-state index contributed by atoms with van der Waals surface area (Å²) in [6.45, 7) is 1.41. The second kappa shape index (κ2) is 2.95. The van der Waals surface area contributed by atoms with Crippen LogP contribution >= 0.6 is 0 Å². The molecular weight excluding hydrogens is 182 g/mol. The number of rotatable bonds is 1. The Morgan fingerprint density at radius 1 is 1.43 bits per heavy atom. The zero-order chi connectivity index (χ0) is 10.3. The molecule has 0 aromatic carbocycles. The smallest absolute Gasteiger partial charge is 0.243 e. The maximum atomic E-state index is 11.8. The molecule has 1 heterocycles. The zero-order valence-electron chi connectivity index (χ0n) is 8.32. The zero-order valence-corrected chi connectivity index (χ0v) is 8.32. The minimum Gasteiger partial charge on any atom is -0.342 e. The van der Waals surface area contributed by atoms with Crippen molar-refractivity contribution in [2.45, 2.75) is 18.4 Å². The van der Waals surface area contributed by atoms with Crippen LogP contribution in [0, 0.1) is 0 Å². The van der Waals surface area contributed by atoms with E-state index in [9.17, 15) is 9.59 Å². The van der Waals surface area contributed by atoms with Gasteiger partial charge in [0.2, 0.25) is 11.8 Å². The van der Waals surface area contributed by atoms with Gasteiger partial charge in [-0.15, -0.1) is 0 Å². The lowest BCUT2D eigenvalue weighted by molar-refractivity contribution is -0.145. The predicted octanol–water partition coefficient (Wildman–Crippen LogP) is -1.22. The van der Waals surface area contributed by atoms with Crippen LogP contribution in [0.3, 0.4) is 0 Å². The van der Waals surface area contributed by atoms with E-state index in [1.165, 1.54) is 0 Å². The molecule has 0 atom stereocenters. The van der Waals surface area contributed by atoms with Crippen molar-refractivity contribution in [2.24, 2.45) is 5.73 Å². The Hall–Kier alpha value is -1.10. The SMILES string of the molecule is CN1CCN(C(=O)C2(N)CC2)CC1=O. The van der Waals surface area contributed by atoms with Gasteiger partial charge in [-0.25, -0.2) is 0 Å². The Morgan fingerprint density at radius 3 is 2.57 bits per heavy atom. The minimum atomic E-state index is -0.643. The van der Waals surface area contributed by atoms with Gasteiger partial charge in [-0.2, -0.15) is 0 Å². The molecule has 0 bridgehead atoms. The van der Waals surface area contributed by atoms with Gasteiger partial charge in [-0.3, -0.25) is 9.59 Å². The fraction of sp³-hybridized carbons (Fsp3) is 0.778. The second-order valence-corrected chi connectivity index (χ2v) is 4.20. The molecule has 1 aliphatic carbocycles. The van der Waals surface area contributed by atoms with E-state index in [-0.39, 0.29) is 18.4 Å². The number of amides is 2. The summed E-state index contributed by atoms with van der Waals surface area (Å²) in [6, 6.07) is 0. The molecule has 5 heteroatoms. The predicted molar refractivity (Wildman–Crippen MR) is 50.4 cm³/mol. The van der Waals surface area contributed by atoms with Crippen LogP contribution in [0.25, 0.3) is 0 Å². The van der Waals surface area contributed by atoms with E-state index in [0.29, 0.717) is 13.1 Å². The van der Waals surface area contributed by atoms with Gasteiger partial charge in [0.25, 0.3) is 0 Å². The van der Waals surface area contributed by atoms with Crippen molar-refractivity contribution in [3.63, 3.8) is 0 Å².